The molecule has 2 aromatic carbocycles. The number of aryl methyl sites for hydroxylation is 1. The van der Waals surface area contributed by atoms with Gasteiger partial charge in [0.25, 0.3) is 0 Å². The van der Waals surface area contributed by atoms with E-state index in [1.54, 1.807) is 14.0 Å². The summed E-state index contributed by atoms with van der Waals surface area (Å²) < 4.78 is 31.5. The number of likely N-dealkylation sites (tertiary alicyclic amines) is 1. The van der Waals surface area contributed by atoms with Crippen LogP contribution in [0.25, 0.3) is 11.6 Å². The van der Waals surface area contributed by atoms with Gasteiger partial charge >= 0.3 is 5.97 Å². The predicted molar refractivity (Wildman–Crippen MR) is 246 cm³/mol. The smallest absolute Gasteiger partial charge is 0.375 e. The van der Waals surface area contributed by atoms with Crippen LogP contribution in [0.5, 0.6) is 17.2 Å². The molecule has 3 aliphatic carbocycles. The highest BCUT2D eigenvalue weighted by molar-refractivity contribution is 6.11. The number of piperidine rings is 1. The largest absolute Gasteiger partial charge is 0.492 e. The minimum Gasteiger partial charge on any atom is -0.492 e. The van der Waals surface area contributed by atoms with Gasteiger partial charge in [0, 0.05) is 68.7 Å². The molecule has 2 bridgehead atoms. The van der Waals surface area contributed by atoms with Gasteiger partial charge in [-0.1, -0.05) is 24.5 Å². The maximum atomic E-state index is 14.6. The van der Waals surface area contributed by atoms with E-state index in [9.17, 15) is 34.8 Å². The number of carbonyl (C=O) groups is 3. The monoisotopic (exact) mass is 922 g/mol. The van der Waals surface area contributed by atoms with Gasteiger partial charge in [-0.05, 0) is 123 Å². The quantitative estimate of drug-likeness (QED) is 0.145. The van der Waals surface area contributed by atoms with E-state index in [0.717, 1.165) is 86.3 Å². The highest BCUT2D eigenvalue weighted by atomic mass is 16.6. The van der Waals surface area contributed by atoms with E-state index in [1.807, 2.05) is 18.2 Å². The standard InChI is InChI=1S/C53H66N2O12/c1-3-64-51(61)50-39(26-58)44-33-17-34(25-57)46(60)37(19-33)36-18-32-9-13-54-42(32)20-31(36)8-7-30(24-56)28-65-48-38-21-43(66-47(38)40(27-59)49(67-50)45(44)48)53(62)29-52(11-4-5-12-52)22-35-23-55(14-6-16-63-2)15-10-41(35)53/h9,18,20,26,30,34-35,37,41,43,56-57,59,62H,3-8,10-17,19,21-25,27-29H2,1-2H3/b44-33-/t30-,34+,35-,37+,41+,43-,53+/m0/s1. The van der Waals surface area contributed by atoms with Gasteiger partial charge in [-0.15, -0.1) is 0 Å². The molecule has 2 aromatic rings. The maximum absolute atomic E-state index is 14.6. The van der Waals surface area contributed by atoms with Gasteiger partial charge < -0.3 is 49.0 Å². The third kappa shape index (κ3) is 8.06. The van der Waals surface area contributed by atoms with E-state index < -0.39 is 42.7 Å². The number of nitrogens with zero attached hydrogens (tertiary/aromatic N) is 2. The van der Waals surface area contributed by atoms with Crippen LogP contribution in [-0.4, -0.2) is 121 Å². The van der Waals surface area contributed by atoms with Crippen molar-refractivity contribution in [3.8, 4) is 17.2 Å². The summed E-state index contributed by atoms with van der Waals surface area (Å²) in [6.07, 6.45) is 11.2. The molecule has 10 rings (SSSR count). The van der Waals surface area contributed by atoms with E-state index in [4.69, 9.17) is 23.7 Å². The number of ether oxygens (including phenoxy) is 5. The zero-order valence-electron chi connectivity index (χ0n) is 39.0. The first-order valence-corrected chi connectivity index (χ1v) is 24.8. The van der Waals surface area contributed by atoms with E-state index in [2.05, 4.69) is 9.89 Å². The lowest BCUT2D eigenvalue weighted by atomic mass is 9.54. The molecule has 3 saturated carbocycles. The van der Waals surface area contributed by atoms with Gasteiger partial charge in [0.15, 0.2) is 6.29 Å². The maximum Gasteiger partial charge on any atom is 0.375 e. The van der Waals surface area contributed by atoms with Crippen molar-refractivity contribution < 1.29 is 58.5 Å². The van der Waals surface area contributed by atoms with Crippen molar-refractivity contribution >= 4 is 29.7 Å². The summed E-state index contributed by atoms with van der Waals surface area (Å²) in [7, 11) is 1.73. The molecular formula is C53H66N2O12. The van der Waals surface area contributed by atoms with Crippen LogP contribution in [0.3, 0.4) is 0 Å². The lowest BCUT2D eigenvalue weighted by Gasteiger charge is -2.57. The van der Waals surface area contributed by atoms with Crippen LogP contribution in [-0.2, 0) is 43.3 Å². The van der Waals surface area contributed by atoms with Gasteiger partial charge in [0.1, 0.15) is 34.7 Å². The number of aldehydes is 1. The van der Waals surface area contributed by atoms with E-state index in [0.29, 0.717) is 72.5 Å². The molecule has 8 aliphatic rings. The van der Waals surface area contributed by atoms with Crippen molar-refractivity contribution in [1.29, 1.82) is 0 Å². The van der Waals surface area contributed by atoms with E-state index >= 15 is 0 Å². The Bertz CT molecular complexity index is 2510. The van der Waals surface area contributed by atoms with Crippen molar-refractivity contribution in [1.82, 2.24) is 4.90 Å². The van der Waals surface area contributed by atoms with Gasteiger partial charge in [0.05, 0.1) is 55.0 Å². The molecule has 7 atom stereocenters. The predicted octanol–water partition coefficient (Wildman–Crippen LogP) is 3.81. The molecule has 0 amide bonds. The van der Waals surface area contributed by atoms with Crippen molar-refractivity contribution in [2.24, 2.45) is 34.1 Å². The SMILES string of the molecule is CCOC(=O)C1=C(C=O)/C2=C3\C[C@H](CO)C(=O)[C@H](C3)c3cc4c(cc3CC[C@@H](CO)COc3c5c(c(CO)c(c32)O1)O[C@H]([C@@]1(O)CC2(CCCC2)C[C@H]2CN(CCCOC)CC[C@H]21)C5)=NCC=4. The summed E-state index contributed by atoms with van der Waals surface area (Å²) in [4.78, 5) is 49.4. The molecule has 360 valence electrons. The fourth-order valence-electron chi connectivity index (χ4n) is 13.7. The van der Waals surface area contributed by atoms with Crippen molar-refractivity contribution in [2.45, 2.75) is 115 Å². The number of ketones is 1. The summed E-state index contributed by atoms with van der Waals surface area (Å²) in [5.74, 6) is -2.36. The first-order chi connectivity index (χ1) is 32.6. The minimum atomic E-state index is -1.23. The Kier molecular flexibility index (Phi) is 13.0. The first-order valence-electron chi connectivity index (χ1n) is 24.8. The molecule has 1 saturated heterocycles. The average Bonchev–Trinajstić information content (AvgIpc) is 4.11. The third-order valence-corrected chi connectivity index (χ3v) is 16.8. The number of aliphatic hydroxyl groups is 4. The van der Waals surface area contributed by atoms with Crippen LogP contribution in [0.4, 0.5) is 0 Å². The van der Waals surface area contributed by atoms with Crippen LogP contribution >= 0.6 is 0 Å². The number of Topliss-reactive ketones (excluding diaryl/α,β-unsaturated/α-hetero) is 1. The van der Waals surface area contributed by atoms with Crippen LogP contribution < -0.4 is 24.8 Å². The summed E-state index contributed by atoms with van der Waals surface area (Å²) in [5, 5.41) is 48.7. The molecule has 0 aromatic heterocycles. The summed E-state index contributed by atoms with van der Waals surface area (Å²) >= 11 is 0. The van der Waals surface area contributed by atoms with Crippen molar-refractivity contribution in [3.63, 3.8) is 0 Å². The Morgan fingerprint density at radius 3 is 2.64 bits per heavy atom. The number of carbonyl (C=O) groups excluding carboxylic acids is 3. The zero-order chi connectivity index (χ0) is 46.6. The number of fused-ring (bicyclic) bond motifs is 8. The van der Waals surface area contributed by atoms with Gasteiger partial charge in [0.2, 0.25) is 5.76 Å². The van der Waals surface area contributed by atoms with Crippen LogP contribution in [0.2, 0.25) is 0 Å². The van der Waals surface area contributed by atoms with Crippen LogP contribution in [0.15, 0.2) is 34.0 Å². The lowest BCUT2D eigenvalue weighted by molar-refractivity contribution is -0.183. The lowest BCUT2D eigenvalue weighted by Crippen LogP contribution is -2.63. The first kappa shape index (κ1) is 46.3. The number of methoxy groups -OCH3 is 1. The van der Waals surface area contributed by atoms with E-state index in [1.165, 1.54) is 0 Å². The number of rotatable bonds is 11. The van der Waals surface area contributed by atoms with Gasteiger partial charge in [-0.25, -0.2) is 4.79 Å². The molecule has 4 fully saturated rings. The van der Waals surface area contributed by atoms with Crippen molar-refractivity contribution in [2.75, 3.05) is 66.3 Å². The summed E-state index contributed by atoms with van der Waals surface area (Å²) in [6, 6.07) is 4.05. The second kappa shape index (κ2) is 18.8. The number of aliphatic hydroxyl groups excluding tert-OH is 3. The molecule has 5 heterocycles. The molecule has 0 radical (unpaired) electrons. The third-order valence-electron chi connectivity index (χ3n) is 16.8. The Morgan fingerprint density at radius 2 is 1.90 bits per heavy atom. The van der Waals surface area contributed by atoms with Crippen molar-refractivity contribution in [3.05, 3.63) is 67.4 Å². The molecule has 14 heteroatoms. The number of allylic oxidation sites excluding steroid dienone is 3. The second-order valence-electron chi connectivity index (χ2n) is 20.6. The Hall–Kier alpha value is -4.44. The highest BCUT2D eigenvalue weighted by Gasteiger charge is 2.61. The average molecular weight is 923 g/mol. The second-order valence-corrected chi connectivity index (χ2v) is 20.6. The molecule has 1 spiro atoms. The van der Waals surface area contributed by atoms with Gasteiger partial charge in [-0.2, -0.15) is 0 Å². The van der Waals surface area contributed by atoms with Gasteiger partial charge in [-0.3, -0.25) is 14.6 Å². The minimum absolute atomic E-state index is 0.00391. The number of hydrogen-bond donors (Lipinski definition) is 4. The molecule has 4 N–H and O–H groups in total. The number of esters is 1. The molecule has 0 unspecified atom stereocenters. The number of benzene rings is 2. The molecule has 5 aliphatic heterocycles. The highest BCUT2D eigenvalue weighted by Crippen LogP contribution is 2.62. The zero-order valence-corrected chi connectivity index (χ0v) is 39.0. The normalized spacial score (nSPS) is 30.7. The Labute approximate surface area is 391 Å². The Morgan fingerprint density at radius 1 is 1.06 bits per heavy atom. The molecular weight excluding hydrogens is 857 g/mol. The Balaban J connectivity index is 1.16. The fraction of sp³-hybridized carbons (Fsp3) is 0.623. The molecule has 14 nitrogen and oxygen atoms in total. The fourth-order valence-corrected chi connectivity index (χ4v) is 13.7. The van der Waals surface area contributed by atoms with Crippen LogP contribution in [0.1, 0.15) is 111 Å². The van der Waals surface area contributed by atoms with Crippen LogP contribution in [0, 0.1) is 29.1 Å². The topological polar surface area (TPSA) is 194 Å². The van der Waals surface area contributed by atoms with E-state index in [-0.39, 0.29) is 90.7 Å². The molecule has 67 heavy (non-hydrogen) atoms. The summed E-state index contributed by atoms with van der Waals surface area (Å²) in [6.45, 7) is 4.41. The number of hydrogen-bond acceptors (Lipinski definition) is 14. The summed E-state index contributed by atoms with van der Waals surface area (Å²) in [5.41, 5.74) is 2.55.